The predicted octanol–water partition coefficient (Wildman–Crippen LogP) is 2.27. The zero-order valence-corrected chi connectivity index (χ0v) is 11.6. The number of hydrogen-bond acceptors (Lipinski definition) is 2. The van der Waals surface area contributed by atoms with Crippen LogP contribution in [-0.4, -0.2) is 30.4 Å². The number of nitrogens with zero attached hydrogens (tertiary/aromatic N) is 1. The maximum absolute atomic E-state index is 12.6. The van der Waals surface area contributed by atoms with Crippen molar-refractivity contribution < 1.29 is 4.79 Å². The minimum atomic E-state index is 0.0338. The molecule has 1 unspecified atom stereocenters. The fraction of sp³-hybridized carbons (Fsp3) is 0.562. The first kappa shape index (κ1) is 12.7. The molecule has 1 amide bonds. The van der Waals surface area contributed by atoms with Crippen molar-refractivity contribution in [2.75, 3.05) is 13.6 Å². The average molecular weight is 258 g/mol. The monoisotopic (exact) mass is 258 g/mol. The summed E-state index contributed by atoms with van der Waals surface area (Å²) >= 11 is 0. The summed E-state index contributed by atoms with van der Waals surface area (Å²) in [7, 11) is 1.96. The Morgan fingerprint density at radius 1 is 1.26 bits per heavy atom. The lowest BCUT2D eigenvalue weighted by atomic mass is 10.0. The Labute approximate surface area is 115 Å². The second-order valence-electron chi connectivity index (χ2n) is 5.70. The number of hydrogen-bond donors (Lipinski definition) is 1. The lowest BCUT2D eigenvalue weighted by Gasteiger charge is -2.31. The first-order valence-corrected chi connectivity index (χ1v) is 7.35. The topological polar surface area (TPSA) is 32.3 Å². The predicted molar refractivity (Wildman–Crippen MR) is 75.9 cm³/mol. The summed E-state index contributed by atoms with van der Waals surface area (Å²) in [6.45, 7) is 0.978. The van der Waals surface area contributed by atoms with E-state index in [1.807, 2.05) is 11.9 Å². The van der Waals surface area contributed by atoms with E-state index in [0.717, 1.165) is 25.8 Å². The van der Waals surface area contributed by atoms with Gasteiger partial charge in [-0.3, -0.25) is 4.79 Å². The number of benzene rings is 1. The van der Waals surface area contributed by atoms with Crippen LogP contribution in [0.5, 0.6) is 0 Å². The standard InChI is InChI=1S/C16H22N2O/c1-18(16(19)14-8-4-5-11-17-14)15-10-9-12-6-2-3-7-13(12)15/h2-3,6-7,14-15,17H,4-5,8-11H2,1H3/t14-,15?/m0/s1. The number of carbonyl (C=O) groups is 1. The van der Waals surface area contributed by atoms with Gasteiger partial charge in [-0.1, -0.05) is 30.7 Å². The van der Waals surface area contributed by atoms with Crippen LogP contribution >= 0.6 is 0 Å². The van der Waals surface area contributed by atoms with Crippen molar-refractivity contribution in [3.8, 4) is 0 Å². The van der Waals surface area contributed by atoms with Crippen LogP contribution in [0.15, 0.2) is 24.3 Å². The van der Waals surface area contributed by atoms with E-state index < -0.39 is 0 Å². The summed E-state index contributed by atoms with van der Waals surface area (Å²) in [5, 5.41) is 3.36. The zero-order valence-electron chi connectivity index (χ0n) is 11.6. The van der Waals surface area contributed by atoms with Crippen molar-refractivity contribution in [1.82, 2.24) is 10.2 Å². The molecule has 2 aliphatic rings. The molecule has 3 nitrogen and oxygen atoms in total. The van der Waals surface area contributed by atoms with Crippen molar-refractivity contribution in [2.24, 2.45) is 0 Å². The highest BCUT2D eigenvalue weighted by molar-refractivity contribution is 5.82. The third kappa shape index (κ3) is 2.39. The quantitative estimate of drug-likeness (QED) is 0.882. The highest BCUT2D eigenvalue weighted by atomic mass is 16.2. The minimum Gasteiger partial charge on any atom is -0.337 e. The number of aryl methyl sites for hydroxylation is 1. The molecule has 0 radical (unpaired) electrons. The van der Waals surface area contributed by atoms with Gasteiger partial charge in [-0.05, 0) is 43.4 Å². The average Bonchev–Trinajstić information content (AvgIpc) is 2.90. The Hall–Kier alpha value is -1.35. The van der Waals surface area contributed by atoms with Gasteiger partial charge in [-0.15, -0.1) is 0 Å². The molecule has 1 saturated heterocycles. The SMILES string of the molecule is CN(C(=O)[C@@H]1CCCCN1)C1CCc2ccccc21. The normalized spacial score (nSPS) is 25.9. The van der Waals surface area contributed by atoms with Crippen LogP contribution in [0.1, 0.15) is 42.9 Å². The molecule has 1 aliphatic heterocycles. The molecule has 0 saturated carbocycles. The highest BCUT2D eigenvalue weighted by Crippen LogP contribution is 2.35. The van der Waals surface area contributed by atoms with Gasteiger partial charge in [0.25, 0.3) is 0 Å². The van der Waals surface area contributed by atoms with Crippen molar-refractivity contribution in [3.05, 3.63) is 35.4 Å². The summed E-state index contributed by atoms with van der Waals surface area (Å²) in [5.41, 5.74) is 2.75. The molecule has 3 heteroatoms. The van der Waals surface area contributed by atoms with E-state index in [0.29, 0.717) is 0 Å². The van der Waals surface area contributed by atoms with Crippen molar-refractivity contribution in [2.45, 2.75) is 44.2 Å². The third-order valence-corrected chi connectivity index (χ3v) is 4.52. The summed E-state index contributed by atoms with van der Waals surface area (Å²) in [6, 6.07) is 8.83. The van der Waals surface area contributed by atoms with Gasteiger partial charge >= 0.3 is 0 Å². The van der Waals surface area contributed by atoms with E-state index in [9.17, 15) is 4.79 Å². The largest absolute Gasteiger partial charge is 0.337 e. The van der Waals surface area contributed by atoms with Gasteiger partial charge in [0, 0.05) is 7.05 Å². The molecule has 1 aromatic rings. The number of fused-ring (bicyclic) bond motifs is 1. The van der Waals surface area contributed by atoms with Gasteiger partial charge in [-0.25, -0.2) is 0 Å². The molecule has 1 aromatic carbocycles. The number of amides is 1. The van der Waals surface area contributed by atoms with Gasteiger partial charge in [0.05, 0.1) is 12.1 Å². The molecule has 0 bridgehead atoms. The first-order chi connectivity index (χ1) is 9.27. The van der Waals surface area contributed by atoms with Crippen LogP contribution in [0.3, 0.4) is 0 Å². The summed E-state index contributed by atoms with van der Waals surface area (Å²) in [6.07, 6.45) is 5.50. The Balaban J connectivity index is 1.74. The van der Waals surface area contributed by atoms with E-state index in [1.54, 1.807) is 0 Å². The lowest BCUT2D eigenvalue weighted by molar-refractivity contribution is -0.135. The molecule has 1 fully saturated rings. The van der Waals surface area contributed by atoms with Crippen LogP contribution in [0.4, 0.5) is 0 Å². The molecular weight excluding hydrogens is 236 g/mol. The van der Waals surface area contributed by atoms with Crippen molar-refractivity contribution in [1.29, 1.82) is 0 Å². The van der Waals surface area contributed by atoms with E-state index in [-0.39, 0.29) is 18.0 Å². The Bertz CT molecular complexity index is 466. The number of rotatable bonds is 2. The minimum absolute atomic E-state index is 0.0338. The molecule has 1 heterocycles. The van der Waals surface area contributed by atoms with Gasteiger partial charge < -0.3 is 10.2 Å². The molecule has 1 N–H and O–H groups in total. The number of likely N-dealkylation sites (N-methyl/N-ethyl adjacent to an activating group) is 1. The van der Waals surface area contributed by atoms with E-state index in [4.69, 9.17) is 0 Å². The molecule has 0 aromatic heterocycles. The highest BCUT2D eigenvalue weighted by Gasteiger charge is 2.32. The number of piperidine rings is 1. The zero-order chi connectivity index (χ0) is 13.2. The molecule has 2 atom stereocenters. The fourth-order valence-electron chi connectivity index (χ4n) is 3.40. The van der Waals surface area contributed by atoms with Gasteiger partial charge in [0.1, 0.15) is 0 Å². The van der Waals surface area contributed by atoms with Gasteiger partial charge in [-0.2, -0.15) is 0 Å². The summed E-state index contributed by atoms with van der Waals surface area (Å²) < 4.78 is 0. The molecule has 19 heavy (non-hydrogen) atoms. The van der Waals surface area contributed by atoms with E-state index >= 15 is 0 Å². The lowest BCUT2D eigenvalue weighted by Crippen LogP contribution is -2.48. The van der Waals surface area contributed by atoms with E-state index in [1.165, 1.54) is 24.0 Å². The maximum atomic E-state index is 12.6. The van der Waals surface area contributed by atoms with Crippen LogP contribution in [0, 0.1) is 0 Å². The molecule has 1 aliphatic carbocycles. The van der Waals surface area contributed by atoms with Gasteiger partial charge in [0.2, 0.25) is 5.91 Å². The number of carbonyl (C=O) groups excluding carboxylic acids is 1. The summed E-state index contributed by atoms with van der Waals surface area (Å²) in [5.74, 6) is 0.265. The Kier molecular flexibility index (Phi) is 3.56. The summed E-state index contributed by atoms with van der Waals surface area (Å²) in [4.78, 5) is 14.5. The molecule has 0 spiro atoms. The second kappa shape index (κ2) is 5.33. The number of nitrogens with one attached hydrogen (secondary N) is 1. The van der Waals surface area contributed by atoms with Crippen LogP contribution in [0.25, 0.3) is 0 Å². The van der Waals surface area contributed by atoms with Crippen LogP contribution < -0.4 is 5.32 Å². The first-order valence-electron chi connectivity index (χ1n) is 7.35. The van der Waals surface area contributed by atoms with Crippen molar-refractivity contribution >= 4 is 5.91 Å². The molecule has 102 valence electrons. The third-order valence-electron chi connectivity index (χ3n) is 4.52. The Morgan fingerprint density at radius 2 is 2.11 bits per heavy atom. The smallest absolute Gasteiger partial charge is 0.239 e. The molecule has 3 rings (SSSR count). The Morgan fingerprint density at radius 3 is 2.89 bits per heavy atom. The second-order valence-corrected chi connectivity index (χ2v) is 5.70. The fourth-order valence-corrected chi connectivity index (χ4v) is 3.40. The van der Waals surface area contributed by atoms with Gasteiger partial charge in [0.15, 0.2) is 0 Å². The molecular formula is C16H22N2O. The van der Waals surface area contributed by atoms with E-state index in [2.05, 4.69) is 29.6 Å². The van der Waals surface area contributed by atoms with Crippen LogP contribution in [0.2, 0.25) is 0 Å². The van der Waals surface area contributed by atoms with Crippen molar-refractivity contribution in [3.63, 3.8) is 0 Å². The van der Waals surface area contributed by atoms with Crippen LogP contribution in [-0.2, 0) is 11.2 Å². The maximum Gasteiger partial charge on any atom is 0.239 e.